The molecule has 2 rings (SSSR count). The van der Waals surface area contributed by atoms with Gasteiger partial charge < -0.3 is 5.73 Å². The van der Waals surface area contributed by atoms with E-state index in [0.29, 0.717) is 5.54 Å². The summed E-state index contributed by atoms with van der Waals surface area (Å²) in [6, 6.07) is 0.816. The predicted octanol–water partition coefficient (Wildman–Crippen LogP) is 2.87. The molecule has 17 heavy (non-hydrogen) atoms. The Bertz CT molecular complexity index is 224. The van der Waals surface area contributed by atoms with Crippen LogP contribution in [0.3, 0.4) is 0 Å². The quantitative estimate of drug-likeness (QED) is 0.838. The summed E-state index contributed by atoms with van der Waals surface area (Å²) in [6.45, 7) is 4.47. The molecule has 2 atom stereocenters. The zero-order valence-corrected chi connectivity index (χ0v) is 12.1. The van der Waals surface area contributed by atoms with Crippen molar-refractivity contribution in [2.24, 2.45) is 5.73 Å². The number of piperidine rings is 1. The highest BCUT2D eigenvalue weighted by Crippen LogP contribution is 2.36. The Kier molecular flexibility index (Phi) is 5.19. The van der Waals surface area contributed by atoms with Crippen LogP contribution in [0.15, 0.2) is 0 Å². The van der Waals surface area contributed by atoms with Gasteiger partial charge in [-0.1, -0.05) is 19.8 Å². The third kappa shape index (κ3) is 2.99. The topological polar surface area (TPSA) is 29.3 Å². The highest BCUT2D eigenvalue weighted by molar-refractivity contribution is 7.99. The van der Waals surface area contributed by atoms with Crippen molar-refractivity contribution in [1.29, 1.82) is 0 Å². The number of rotatable bonds is 4. The maximum atomic E-state index is 6.17. The van der Waals surface area contributed by atoms with Gasteiger partial charge in [0.1, 0.15) is 0 Å². The first-order chi connectivity index (χ1) is 8.32. The van der Waals surface area contributed by atoms with Crippen molar-refractivity contribution < 1.29 is 0 Å². The second kappa shape index (κ2) is 6.44. The maximum absolute atomic E-state index is 6.17. The average Bonchev–Trinajstić information content (AvgIpc) is 2.40. The summed E-state index contributed by atoms with van der Waals surface area (Å²) in [5.74, 6) is 2.61. The first kappa shape index (κ1) is 13.7. The summed E-state index contributed by atoms with van der Waals surface area (Å²) in [6.07, 6.45) is 9.58. The van der Waals surface area contributed by atoms with Crippen LogP contribution in [0.5, 0.6) is 0 Å². The molecule has 3 heteroatoms. The van der Waals surface area contributed by atoms with Crippen LogP contribution in [-0.2, 0) is 0 Å². The first-order valence-electron chi connectivity index (χ1n) is 7.37. The van der Waals surface area contributed by atoms with Crippen LogP contribution in [0.1, 0.15) is 51.9 Å². The maximum Gasteiger partial charge on any atom is 0.0425 e. The van der Waals surface area contributed by atoms with E-state index in [-0.39, 0.29) is 0 Å². The van der Waals surface area contributed by atoms with Crippen LogP contribution in [0.4, 0.5) is 0 Å². The lowest BCUT2D eigenvalue weighted by Gasteiger charge is -2.51. The lowest BCUT2D eigenvalue weighted by molar-refractivity contribution is 0.0247. The summed E-state index contributed by atoms with van der Waals surface area (Å²) in [4.78, 5) is 2.81. The van der Waals surface area contributed by atoms with Crippen molar-refractivity contribution in [2.75, 3.05) is 24.6 Å². The second-order valence-corrected chi connectivity index (χ2v) is 6.82. The highest BCUT2D eigenvalue weighted by atomic mass is 32.2. The lowest BCUT2D eigenvalue weighted by Crippen LogP contribution is -2.61. The second-order valence-electron chi connectivity index (χ2n) is 5.72. The van der Waals surface area contributed by atoms with Crippen molar-refractivity contribution in [3.63, 3.8) is 0 Å². The third-order valence-corrected chi connectivity index (χ3v) is 5.86. The molecule has 2 unspecified atom stereocenters. The Morgan fingerprint density at radius 2 is 2.24 bits per heavy atom. The van der Waals surface area contributed by atoms with Gasteiger partial charge in [0.25, 0.3) is 0 Å². The Hall–Kier alpha value is 0.270. The van der Waals surface area contributed by atoms with Crippen molar-refractivity contribution in [3.8, 4) is 0 Å². The molecule has 2 N–H and O–H groups in total. The molecule has 2 fully saturated rings. The van der Waals surface area contributed by atoms with Gasteiger partial charge in [-0.05, 0) is 44.4 Å². The van der Waals surface area contributed by atoms with Gasteiger partial charge in [0.2, 0.25) is 0 Å². The van der Waals surface area contributed by atoms with E-state index in [0.717, 1.165) is 12.6 Å². The monoisotopic (exact) mass is 256 g/mol. The van der Waals surface area contributed by atoms with Crippen LogP contribution in [0.2, 0.25) is 0 Å². The standard InChI is InChI=1S/C14H28N2S/c1-2-6-13-7-3-4-9-16(13)14(11-15)8-5-10-17-12-14/h13H,2-12,15H2,1H3. The fourth-order valence-electron chi connectivity index (χ4n) is 3.60. The van der Waals surface area contributed by atoms with Crippen molar-refractivity contribution in [2.45, 2.75) is 63.5 Å². The predicted molar refractivity (Wildman–Crippen MR) is 77.6 cm³/mol. The normalized spacial score (nSPS) is 36.0. The molecule has 2 heterocycles. The first-order valence-corrected chi connectivity index (χ1v) is 8.52. The molecule has 2 nitrogen and oxygen atoms in total. The van der Waals surface area contributed by atoms with Crippen LogP contribution in [-0.4, -0.2) is 41.1 Å². The zero-order chi connectivity index (χ0) is 12.1. The largest absolute Gasteiger partial charge is 0.329 e. The molecule has 0 aromatic rings. The summed E-state index contributed by atoms with van der Waals surface area (Å²) in [5, 5.41) is 0. The van der Waals surface area contributed by atoms with E-state index >= 15 is 0 Å². The van der Waals surface area contributed by atoms with Crippen molar-refractivity contribution in [3.05, 3.63) is 0 Å². The van der Waals surface area contributed by atoms with E-state index in [1.165, 1.54) is 63.0 Å². The minimum atomic E-state index is 0.336. The average molecular weight is 256 g/mol. The van der Waals surface area contributed by atoms with Gasteiger partial charge in [0.05, 0.1) is 0 Å². The minimum absolute atomic E-state index is 0.336. The van der Waals surface area contributed by atoms with E-state index in [4.69, 9.17) is 5.73 Å². The van der Waals surface area contributed by atoms with E-state index in [2.05, 4.69) is 23.6 Å². The minimum Gasteiger partial charge on any atom is -0.329 e. The van der Waals surface area contributed by atoms with Gasteiger partial charge in [-0.25, -0.2) is 0 Å². The number of thioether (sulfide) groups is 1. The molecule has 0 aromatic heterocycles. The Balaban J connectivity index is 2.09. The van der Waals surface area contributed by atoms with Gasteiger partial charge >= 0.3 is 0 Å². The molecule has 0 saturated carbocycles. The molecule has 2 aliphatic heterocycles. The molecular weight excluding hydrogens is 228 g/mol. The van der Waals surface area contributed by atoms with Gasteiger partial charge in [0.15, 0.2) is 0 Å². The Morgan fingerprint density at radius 1 is 1.35 bits per heavy atom. The molecule has 0 amide bonds. The van der Waals surface area contributed by atoms with Gasteiger partial charge in [-0.3, -0.25) is 4.90 Å². The fraction of sp³-hybridized carbons (Fsp3) is 1.00. The summed E-state index contributed by atoms with van der Waals surface area (Å²) < 4.78 is 0. The van der Waals surface area contributed by atoms with E-state index in [1.807, 2.05) is 0 Å². The summed E-state index contributed by atoms with van der Waals surface area (Å²) in [7, 11) is 0. The molecule has 0 aliphatic carbocycles. The Labute approximate surface area is 111 Å². The van der Waals surface area contributed by atoms with Crippen LogP contribution in [0, 0.1) is 0 Å². The van der Waals surface area contributed by atoms with Gasteiger partial charge in [-0.2, -0.15) is 11.8 Å². The zero-order valence-electron chi connectivity index (χ0n) is 11.3. The number of hydrogen-bond donors (Lipinski definition) is 1. The molecule has 0 bridgehead atoms. The lowest BCUT2D eigenvalue weighted by atomic mass is 9.86. The van der Waals surface area contributed by atoms with Gasteiger partial charge in [-0.15, -0.1) is 0 Å². The van der Waals surface area contributed by atoms with E-state index in [9.17, 15) is 0 Å². The van der Waals surface area contributed by atoms with E-state index < -0.39 is 0 Å². The Morgan fingerprint density at radius 3 is 2.88 bits per heavy atom. The molecule has 100 valence electrons. The number of nitrogens with zero attached hydrogens (tertiary/aromatic N) is 1. The molecule has 0 spiro atoms. The SMILES string of the molecule is CCCC1CCCCN1C1(CN)CCCSC1. The summed E-state index contributed by atoms with van der Waals surface area (Å²) in [5.41, 5.74) is 6.51. The van der Waals surface area contributed by atoms with Gasteiger partial charge in [0, 0.05) is 23.9 Å². The van der Waals surface area contributed by atoms with Crippen molar-refractivity contribution in [1.82, 2.24) is 4.90 Å². The number of likely N-dealkylation sites (tertiary alicyclic amines) is 1. The van der Waals surface area contributed by atoms with Crippen LogP contribution >= 0.6 is 11.8 Å². The van der Waals surface area contributed by atoms with Crippen LogP contribution < -0.4 is 5.73 Å². The summed E-state index contributed by atoms with van der Waals surface area (Å²) >= 11 is 2.12. The molecular formula is C14H28N2S. The van der Waals surface area contributed by atoms with Crippen molar-refractivity contribution >= 4 is 11.8 Å². The molecule has 0 aromatic carbocycles. The molecule has 2 saturated heterocycles. The molecule has 0 radical (unpaired) electrons. The smallest absolute Gasteiger partial charge is 0.0425 e. The number of hydrogen-bond acceptors (Lipinski definition) is 3. The fourth-order valence-corrected chi connectivity index (χ4v) is 4.90. The molecule has 2 aliphatic rings. The van der Waals surface area contributed by atoms with Crippen LogP contribution in [0.25, 0.3) is 0 Å². The third-order valence-electron chi connectivity index (χ3n) is 4.54. The van der Waals surface area contributed by atoms with E-state index in [1.54, 1.807) is 0 Å². The highest BCUT2D eigenvalue weighted by Gasteiger charge is 2.41. The number of nitrogens with two attached hydrogens (primary N) is 1.